The van der Waals surface area contributed by atoms with Gasteiger partial charge in [0.25, 0.3) is 0 Å². The van der Waals surface area contributed by atoms with Crippen LogP contribution in [0.5, 0.6) is 0 Å². The van der Waals surface area contributed by atoms with Crippen molar-refractivity contribution >= 4 is 17.8 Å². The lowest BCUT2D eigenvalue weighted by molar-refractivity contribution is -0.146. The summed E-state index contributed by atoms with van der Waals surface area (Å²) < 4.78 is 15.9. The molecular formula is C25H33NO6. The summed E-state index contributed by atoms with van der Waals surface area (Å²) in [6.07, 6.45) is 5.63. The van der Waals surface area contributed by atoms with Crippen LogP contribution >= 0.6 is 0 Å². The van der Waals surface area contributed by atoms with Crippen LogP contribution in [-0.2, 0) is 28.6 Å². The fourth-order valence-electron chi connectivity index (χ4n) is 3.83. The van der Waals surface area contributed by atoms with Crippen LogP contribution in [0.1, 0.15) is 58.1 Å². The molecule has 1 aliphatic heterocycles. The highest BCUT2D eigenvalue weighted by Crippen LogP contribution is 2.40. The van der Waals surface area contributed by atoms with Crippen LogP contribution in [-0.4, -0.2) is 37.7 Å². The third-order valence-corrected chi connectivity index (χ3v) is 5.81. The highest BCUT2D eigenvalue weighted by molar-refractivity contribution is 5.87. The highest BCUT2D eigenvalue weighted by atomic mass is 16.5. The van der Waals surface area contributed by atoms with Crippen LogP contribution in [0, 0.1) is 5.92 Å². The van der Waals surface area contributed by atoms with Gasteiger partial charge in [-0.15, -0.1) is 0 Å². The van der Waals surface area contributed by atoms with Crippen molar-refractivity contribution in [2.24, 2.45) is 5.92 Å². The zero-order valence-corrected chi connectivity index (χ0v) is 19.5. The normalized spacial score (nSPS) is 20.7. The minimum Gasteiger partial charge on any atom is -0.483 e. The van der Waals surface area contributed by atoms with Crippen molar-refractivity contribution in [1.29, 1.82) is 0 Å². The minimum atomic E-state index is -0.888. The van der Waals surface area contributed by atoms with E-state index in [4.69, 9.17) is 14.2 Å². The highest BCUT2D eigenvalue weighted by Gasteiger charge is 2.40. The Labute approximate surface area is 189 Å². The minimum absolute atomic E-state index is 0.250. The lowest BCUT2D eigenvalue weighted by atomic mass is 9.85. The molecule has 7 nitrogen and oxygen atoms in total. The molecule has 0 saturated heterocycles. The molecule has 0 fully saturated rings. The molecule has 0 spiro atoms. The zero-order valence-electron chi connectivity index (χ0n) is 19.5. The second-order valence-corrected chi connectivity index (χ2v) is 7.76. The van der Waals surface area contributed by atoms with Crippen molar-refractivity contribution in [3.05, 3.63) is 59.4 Å². The summed E-state index contributed by atoms with van der Waals surface area (Å²) in [5, 5.41) is 2.85. The maximum absolute atomic E-state index is 13.2. The number of amides is 1. The number of rotatable bonds is 10. The first kappa shape index (κ1) is 25.2. The Balaban J connectivity index is 2.24. The molecule has 0 aliphatic carbocycles. The third-order valence-electron chi connectivity index (χ3n) is 5.81. The van der Waals surface area contributed by atoms with Crippen LogP contribution in [0.25, 0.3) is 0 Å². The summed E-state index contributed by atoms with van der Waals surface area (Å²) in [6.45, 7) is 5.89. The van der Waals surface area contributed by atoms with Crippen LogP contribution < -0.4 is 5.32 Å². The maximum Gasteiger partial charge on any atom is 0.334 e. The van der Waals surface area contributed by atoms with E-state index in [1.807, 2.05) is 32.9 Å². The van der Waals surface area contributed by atoms with Crippen molar-refractivity contribution in [2.75, 3.05) is 14.2 Å². The molecule has 1 N–H and O–H groups in total. The molecule has 0 aromatic heterocycles. The molecule has 3 atom stereocenters. The molecule has 0 saturated carbocycles. The molecule has 1 aromatic rings. The van der Waals surface area contributed by atoms with Crippen molar-refractivity contribution in [1.82, 2.24) is 5.32 Å². The van der Waals surface area contributed by atoms with Crippen LogP contribution in [0.2, 0.25) is 0 Å². The Morgan fingerprint density at radius 3 is 2.31 bits per heavy atom. The van der Waals surface area contributed by atoms with Gasteiger partial charge in [-0.1, -0.05) is 51.1 Å². The second kappa shape index (κ2) is 11.5. The molecule has 32 heavy (non-hydrogen) atoms. The van der Waals surface area contributed by atoms with Gasteiger partial charge in [-0.25, -0.2) is 9.59 Å². The Bertz CT molecular complexity index is 876. The Morgan fingerprint density at radius 2 is 1.78 bits per heavy atom. The number of benzene rings is 1. The molecule has 1 unspecified atom stereocenters. The van der Waals surface area contributed by atoms with E-state index in [1.165, 1.54) is 20.3 Å². The van der Waals surface area contributed by atoms with Gasteiger partial charge in [-0.3, -0.25) is 4.79 Å². The summed E-state index contributed by atoms with van der Waals surface area (Å²) in [4.78, 5) is 37.3. The Morgan fingerprint density at radius 1 is 1.09 bits per heavy atom. The van der Waals surface area contributed by atoms with Gasteiger partial charge in [-0.2, -0.15) is 0 Å². The first-order valence-electron chi connectivity index (χ1n) is 11.0. The monoisotopic (exact) mass is 443 g/mol. The molecule has 1 aliphatic rings. The maximum atomic E-state index is 13.2. The van der Waals surface area contributed by atoms with Crippen molar-refractivity contribution in [3.8, 4) is 0 Å². The van der Waals surface area contributed by atoms with Gasteiger partial charge in [0, 0.05) is 12.3 Å². The van der Waals surface area contributed by atoms with Gasteiger partial charge in [0.05, 0.1) is 20.3 Å². The van der Waals surface area contributed by atoms with E-state index in [-0.39, 0.29) is 5.91 Å². The van der Waals surface area contributed by atoms with Gasteiger partial charge in [0.2, 0.25) is 5.91 Å². The van der Waals surface area contributed by atoms with Crippen LogP contribution in [0.4, 0.5) is 0 Å². The van der Waals surface area contributed by atoms with Crippen LogP contribution in [0.15, 0.2) is 53.8 Å². The topological polar surface area (TPSA) is 90.9 Å². The van der Waals surface area contributed by atoms with Crippen molar-refractivity contribution in [3.63, 3.8) is 0 Å². The first-order chi connectivity index (χ1) is 15.3. The molecule has 1 heterocycles. The van der Waals surface area contributed by atoms with E-state index in [2.05, 4.69) is 5.32 Å². The summed E-state index contributed by atoms with van der Waals surface area (Å²) >= 11 is 0. The number of nitrogens with one attached hydrogen (secondary N) is 1. The fourth-order valence-corrected chi connectivity index (χ4v) is 3.83. The number of ether oxygens (including phenoxy) is 3. The van der Waals surface area contributed by atoms with E-state index in [9.17, 15) is 14.4 Å². The van der Waals surface area contributed by atoms with Gasteiger partial charge < -0.3 is 19.5 Å². The fraction of sp³-hybridized carbons (Fsp3) is 0.480. The number of esters is 2. The molecule has 7 heteroatoms. The zero-order chi connectivity index (χ0) is 23.7. The summed E-state index contributed by atoms with van der Waals surface area (Å²) in [6, 6.07) is 8.11. The molecule has 0 radical (unpaired) electrons. The van der Waals surface area contributed by atoms with Gasteiger partial charge in [-0.05, 0) is 36.5 Å². The molecular weight excluding hydrogens is 410 g/mol. The van der Waals surface area contributed by atoms with Gasteiger partial charge >= 0.3 is 11.9 Å². The molecule has 174 valence electrons. The van der Waals surface area contributed by atoms with Gasteiger partial charge in [0.1, 0.15) is 11.4 Å². The summed E-state index contributed by atoms with van der Waals surface area (Å²) in [7, 11) is 2.62. The lowest BCUT2D eigenvalue weighted by Crippen LogP contribution is -2.41. The number of hydrogen-bond acceptors (Lipinski definition) is 6. The van der Waals surface area contributed by atoms with Crippen molar-refractivity contribution in [2.45, 2.75) is 58.1 Å². The van der Waals surface area contributed by atoms with E-state index in [0.717, 1.165) is 5.57 Å². The number of hydrogen-bond donors (Lipinski definition) is 1. The largest absolute Gasteiger partial charge is 0.483 e. The van der Waals surface area contributed by atoms with E-state index >= 15 is 0 Å². The second-order valence-electron chi connectivity index (χ2n) is 7.76. The average molecular weight is 444 g/mol. The number of methoxy groups -OCH3 is 2. The Kier molecular flexibility index (Phi) is 9.05. The molecule has 2 rings (SSSR count). The predicted molar refractivity (Wildman–Crippen MR) is 120 cm³/mol. The molecule has 1 amide bonds. The predicted octanol–water partition coefficient (Wildman–Crippen LogP) is 4.01. The first-order valence-corrected chi connectivity index (χ1v) is 11.0. The van der Waals surface area contributed by atoms with Gasteiger partial charge in [0.15, 0.2) is 6.04 Å². The quantitative estimate of drug-likeness (QED) is 0.434. The van der Waals surface area contributed by atoms with E-state index < -0.39 is 29.5 Å². The lowest BCUT2D eigenvalue weighted by Gasteiger charge is -2.31. The van der Waals surface area contributed by atoms with E-state index in [1.54, 1.807) is 24.3 Å². The SMILES string of the molecule is CCC1=C[C@@](CC)(C[C@@H](CC)C(=O)NC(C(=O)OC)c2ccccc2)O/C1=C\C(=O)OC. The number of carbonyl (C=O) groups excluding carboxylic acids is 3. The average Bonchev–Trinajstić information content (AvgIpc) is 3.18. The molecule has 1 aromatic carbocycles. The summed E-state index contributed by atoms with van der Waals surface area (Å²) in [5.74, 6) is -1.19. The number of allylic oxidation sites excluding steroid dienone is 1. The standard InChI is InChI=1S/C25H33NO6/c1-6-17-15-25(8-3,32-20(17)14-21(27)30-4)16-18(7-2)23(28)26-22(24(29)31-5)19-12-10-9-11-13-19/h9-15,18,22H,6-8,16H2,1-5H3,(H,26,28)/b20-14-/t18-,22?,25+/m1/s1. The Hall–Kier alpha value is -3.09. The summed E-state index contributed by atoms with van der Waals surface area (Å²) in [5.41, 5.74) is 0.849. The third kappa shape index (κ3) is 5.99. The van der Waals surface area contributed by atoms with Crippen LogP contribution in [0.3, 0.4) is 0 Å². The van der Waals surface area contributed by atoms with E-state index in [0.29, 0.717) is 37.0 Å². The van der Waals surface area contributed by atoms with Crippen molar-refractivity contribution < 1.29 is 28.6 Å². The molecule has 0 bridgehead atoms. The number of carbonyl (C=O) groups is 3. The smallest absolute Gasteiger partial charge is 0.334 e.